The van der Waals surface area contributed by atoms with Crippen molar-refractivity contribution >= 4 is 34.0 Å². The minimum absolute atomic E-state index is 0.224. The Kier molecular flexibility index (Phi) is 3.94. The summed E-state index contributed by atoms with van der Waals surface area (Å²) in [4.78, 5) is 15.1. The third kappa shape index (κ3) is 3.25. The van der Waals surface area contributed by atoms with Crippen molar-refractivity contribution in [3.05, 3.63) is 22.8 Å². The molecular weight excluding hydrogens is 304 g/mol. The lowest BCUT2D eigenvalue weighted by molar-refractivity contribution is 0.904. The molecule has 0 radical (unpaired) electrons. The Morgan fingerprint density at radius 1 is 1.52 bits per heavy atom. The second-order valence-electron chi connectivity index (χ2n) is 4.82. The molecule has 2 aromatic heterocycles. The molecule has 0 atom stereocenters. The van der Waals surface area contributed by atoms with Crippen molar-refractivity contribution in [2.45, 2.75) is 29.8 Å². The number of nitrogens with two attached hydrogens (primary N) is 1. The molecular formula is C13H14N6S2. The summed E-state index contributed by atoms with van der Waals surface area (Å²) in [7, 11) is 2.10. The first kappa shape index (κ1) is 14.1. The van der Waals surface area contributed by atoms with Crippen LogP contribution in [0.5, 0.6) is 0 Å². The van der Waals surface area contributed by atoms with Gasteiger partial charge in [0.1, 0.15) is 17.5 Å². The van der Waals surface area contributed by atoms with Crippen molar-refractivity contribution in [1.29, 1.82) is 5.26 Å². The maximum absolute atomic E-state index is 8.79. The zero-order valence-electron chi connectivity index (χ0n) is 11.5. The predicted molar refractivity (Wildman–Crippen MR) is 84.3 cm³/mol. The van der Waals surface area contributed by atoms with Crippen LogP contribution in [0.4, 0.5) is 10.9 Å². The molecule has 1 aliphatic rings. The summed E-state index contributed by atoms with van der Waals surface area (Å²) < 4.78 is 0. The first-order chi connectivity index (χ1) is 10.2. The predicted octanol–water partition coefficient (Wildman–Crippen LogP) is 2.28. The Bertz CT molecular complexity index is 688. The van der Waals surface area contributed by atoms with Gasteiger partial charge in [-0.15, -0.1) is 11.3 Å². The van der Waals surface area contributed by atoms with Crippen molar-refractivity contribution in [3.63, 3.8) is 0 Å². The molecule has 0 amide bonds. The van der Waals surface area contributed by atoms with E-state index in [4.69, 9.17) is 11.0 Å². The van der Waals surface area contributed by atoms with Gasteiger partial charge in [-0.25, -0.2) is 15.0 Å². The molecule has 8 heteroatoms. The highest BCUT2D eigenvalue weighted by Crippen LogP contribution is 2.32. The Morgan fingerprint density at radius 2 is 2.33 bits per heavy atom. The molecule has 1 aliphatic carbocycles. The standard InChI is InChI=1S/C13H14N6S2/c1-19(10-2-3-10)13-17-9(7-21-13)6-20-12-16-5-8(4-14)11(15)18-12/h5,7,10H,2-3,6H2,1H3,(H2,15,16,18). The maximum atomic E-state index is 8.79. The van der Waals surface area contributed by atoms with Crippen molar-refractivity contribution < 1.29 is 0 Å². The molecule has 0 unspecified atom stereocenters. The number of nitrogens with zero attached hydrogens (tertiary/aromatic N) is 5. The van der Waals surface area contributed by atoms with E-state index in [1.54, 1.807) is 11.3 Å². The van der Waals surface area contributed by atoms with Gasteiger partial charge >= 0.3 is 0 Å². The highest BCUT2D eigenvalue weighted by atomic mass is 32.2. The summed E-state index contributed by atoms with van der Waals surface area (Å²) in [5.74, 6) is 0.919. The van der Waals surface area contributed by atoms with Crippen LogP contribution in [-0.4, -0.2) is 28.0 Å². The van der Waals surface area contributed by atoms with Gasteiger partial charge in [-0.3, -0.25) is 0 Å². The highest BCUT2D eigenvalue weighted by Gasteiger charge is 2.27. The number of anilines is 2. The zero-order chi connectivity index (χ0) is 14.8. The van der Waals surface area contributed by atoms with E-state index >= 15 is 0 Å². The normalized spacial score (nSPS) is 13.9. The van der Waals surface area contributed by atoms with E-state index < -0.39 is 0 Å². The number of thiazole rings is 1. The van der Waals surface area contributed by atoms with Crippen molar-refractivity contribution in [2.24, 2.45) is 0 Å². The van der Waals surface area contributed by atoms with E-state index in [1.165, 1.54) is 30.8 Å². The summed E-state index contributed by atoms with van der Waals surface area (Å²) in [5, 5.41) is 12.5. The molecule has 0 saturated heterocycles. The Balaban J connectivity index is 1.62. The SMILES string of the molecule is CN(c1nc(CSc2ncc(C#N)c(N)n2)cs1)C1CC1. The Labute approximate surface area is 131 Å². The molecule has 0 aromatic carbocycles. The summed E-state index contributed by atoms with van der Waals surface area (Å²) in [5.41, 5.74) is 7.00. The van der Waals surface area contributed by atoms with E-state index in [9.17, 15) is 0 Å². The van der Waals surface area contributed by atoms with Crippen molar-refractivity contribution in [3.8, 4) is 6.07 Å². The van der Waals surface area contributed by atoms with Crippen LogP contribution in [0.3, 0.4) is 0 Å². The van der Waals surface area contributed by atoms with Gasteiger partial charge in [-0.1, -0.05) is 11.8 Å². The molecule has 108 valence electrons. The lowest BCUT2D eigenvalue weighted by Gasteiger charge is -2.13. The van der Waals surface area contributed by atoms with E-state index in [2.05, 4.69) is 32.3 Å². The first-order valence-electron chi connectivity index (χ1n) is 6.50. The molecule has 0 aliphatic heterocycles. The topological polar surface area (TPSA) is 91.7 Å². The Morgan fingerprint density at radius 3 is 3.00 bits per heavy atom. The second-order valence-corrected chi connectivity index (χ2v) is 6.59. The number of nitriles is 1. The van der Waals surface area contributed by atoms with Crippen LogP contribution in [0.1, 0.15) is 24.1 Å². The minimum Gasteiger partial charge on any atom is -0.382 e. The number of rotatable bonds is 5. The molecule has 0 bridgehead atoms. The fourth-order valence-electron chi connectivity index (χ4n) is 1.81. The molecule has 21 heavy (non-hydrogen) atoms. The van der Waals surface area contributed by atoms with Crippen LogP contribution >= 0.6 is 23.1 Å². The van der Waals surface area contributed by atoms with Crippen LogP contribution in [0.15, 0.2) is 16.7 Å². The smallest absolute Gasteiger partial charge is 0.189 e. The zero-order valence-corrected chi connectivity index (χ0v) is 13.1. The molecule has 3 rings (SSSR count). The number of aromatic nitrogens is 3. The van der Waals surface area contributed by atoms with Crippen molar-refractivity contribution in [2.75, 3.05) is 17.7 Å². The monoisotopic (exact) mass is 318 g/mol. The molecule has 2 N–H and O–H groups in total. The molecule has 6 nitrogen and oxygen atoms in total. The summed E-state index contributed by atoms with van der Waals surface area (Å²) in [6, 6.07) is 2.62. The van der Waals surface area contributed by atoms with Crippen LogP contribution in [0, 0.1) is 11.3 Å². The molecule has 2 aromatic rings. The maximum Gasteiger partial charge on any atom is 0.189 e. The third-order valence-corrected chi connectivity index (χ3v) is 5.08. The van der Waals surface area contributed by atoms with Gasteiger partial charge in [0.15, 0.2) is 10.3 Å². The minimum atomic E-state index is 0.224. The molecule has 1 saturated carbocycles. The number of thioether (sulfide) groups is 1. The number of hydrogen-bond acceptors (Lipinski definition) is 8. The average molecular weight is 318 g/mol. The highest BCUT2D eigenvalue weighted by molar-refractivity contribution is 7.98. The van der Waals surface area contributed by atoms with E-state index in [0.717, 1.165) is 10.8 Å². The Hall–Kier alpha value is -1.85. The van der Waals surface area contributed by atoms with Gasteiger partial charge in [0.2, 0.25) is 0 Å². The molecule has 1 fully saturated rings. The van der Waals surface area contributed by atoms with Crippen LogP contribution in [0.25, 0.3) is 0 Å². The summed E-state index contributed by atoms with van der Waals surface area (Å²) >= 11 is 3.13. The summed E-state index contributed by atoms with van der Waals surface area (Å²) in [6.07, 6.45) is 3.98. The van der Waals surface area contributed by atoms with Gasteiger partial charge in [-0.2, -0.15) is 5.26 Å². The van der Waals surface area contributed by atoms with Gasteiger partial charge in [0.05, 0.1) is 11.9 Å². The van der Waals surface area contributed by atoms with Gasteiger partial charge in [0.25, 0.3) is 0 Å². The summed E-state index contributed by atoms with van der Waals surface area (Å²) in [6.45, 7) is 0. The molecule has 0 spiro atoms. The molecule has 2 heterocycles. The van der Waals surface area contributed by atoms with E-state index in [0.29, 0.717) is 22.5 Å². The fraction of sp³-hybridized carbons (Fsp3) is 0.385. The van der Waals surface area contributed by atoms with Crippen LogP contribution in [-0.2, 0) is 5.75 Å². The quantitative estimate of drug-likeness (QED) is 0.668. The third-order valence-electron chi connectivity index (χ3n) is 3.20. The second kappa shape index (κ2) is 5.87. The van der Waals surface area contributed by atoms with E-state index in [1.807, 2.05) is 6.07 Å². The fourth-order valence-corrected chi connectivity index (χ4v) is 3.50. The van der Waals surface area contributed by atoms with Crippen molar-refractivity contribution in [1.82, 2.24) is 15.0 Å². The first-order valence-corrected chi connectivity index (χ1v) is 8.36. The number of hydrogen-bond donors (Lipinski definition) is 1. The van der Waals surface area contributed by atoms with Crippen LogP contribution in [0.2, 0.25) is 0 Å². The lowest BCUT2D eigenvalue weighted by atomic mass is 10.3. The van der Waals surface area contributed by atoms with Gasteiger partial charge in [0, 0.05) is 24.2 Å². The van der Waals surface area contributed by atoms with Gasteiger partial charge in [-0.05, 0) is 12.8 Å². The lowest BCUT2D eigenvalue weighted by Crippen LogP contribution is -2.18. The number of nitrogen functional groups attached to an aromatic ring is 1. The van der Waals surface area contributed by atoms with Gasteiger partial charge < -0.3 is 10.6 Å². The van der Waals surface area contributed by atoms with E-state index in [-0.39, 0.29) is 5.82 Å². The van der Waals surface area contributed by atoms with Crippen LogP contribution < -0.4 is 10.6 Å². The largest absolute Gasteiger partial charge is 0.382 e. The average Bonchev–Trinajstić information content (AvgIpc) is 3.23.